The maximum absolute atomic E-state index is 13.9. The maximum Gasteiger partial charge on any atom is 0.231 e. The van der Waals surface area contributed by atoms with Crippen molar-refractivity contribution in [3.05, 3.63) is 71.7 Å². The van der Waals surface area contributed by atoms with Crippen molar-refractivity contribution in [1.29, 1.82) is 0 Å². The van der Waals surface area contributed by atoms with E-state index >= 15 is 0 Å². The standard InChI is InChI=1S/C20H21FN4O/c1-13(11-16-12-19(26-25-16)24-20(22)23-2)14-7-9-15(10-8-14)17-5-3-4-6-18(17)21/h3-10,12-13H,11H2,1-2H3,(H3,22,23,24). The molecule has 0 bridgehead atoms. The fraction of sp³-hybridized carbons (Fsp3) is 0.200. The number of benzene rings is 2. The highest BCUT2D eigenvalue weighted by Gasteiger charge is 2.12. The molecule has 3 rings (SSSR count). The van der Waals surface area contributed by atoms with E-state index in [9.17, 15) is 4.39 Å². The molecule has 6 heteroatoms. The fourth-order valence-electron chi connectivity index (χ4n) is 2.77. The van der Waals surface area contributed by atoms with Gasteiger partial charge in [0, 0.05) is 18.7 Å². The zero-order valence-electron chi connectivity index (χ0n) is 14.7. The summed E-state index contributed by atoms with van der Waals surface area (Å²) in [6.45, 7) is 2.11. The molecule has 0 aliphatic heterocycles. The zero-order valence-corrected chi connectivity index (χ0v) is 14.7. The number of hydrogen-bond acceptors (Lipinski definition) is 3. The van der Waals surface area contributed by atoms with Crippen LogP contribution in [0.15, 0.2) is 64.1 Å². The van der Waals surface area contributed by atoms with Gasteiger partial charge in [0.25, 0.3) is 0 Å². The van der Waals surface area contributed by atoms with Gasteiger partial charge in [0.2, 0.25) is 5.88 Å². The van der Waals surface area contributed by atoms with E-state index in [0.29, 0.717) is 17.9 Å². The highest BCUT2D eigenvalue weighted by Crippen LogP contribution is 2.26. The molecule has 0 spiro atoms. The van der Waals surface area contributed by atoms with Gasteiger partial charge in [0.15, 0.2) is 5.96 Å². The topological polar surface area (TPSA) is 76.4 Å². The number of nitrogens with one attached hydrogen (secondary N) is 1. The van der Waals surface area contributed by atoms with Gasteiger partial charge < -0.3 is 10.3 Å². The van der Waals surface area contributed by atoms with E-state index in [1.165, 1.54) is 6.07 Å². The lowest BCUT2D eigenvalue weighted by atomic mass is 9.94. The number of anilines is 1. The first-order valence-corrected chi connectivity index (χ1v) is 8.36. The van der Waals surface area contributed by atoms with Gasteiger partial charge in [-0.25, -0.2) is 4.39 Å². The number of rotatable bonds is 5. The molecule has 3 aromatic rings. The van der Waals surface area contributed by atoms with Gasteiger partial charge in [-0.15, -0.1) is 0 Å². The smallest absolute Gasteiger partial charge is 0.231 e. The highest BCUT2D eigenvalue weighted by molar-refractivity contribution is 5.90. The van der Waals surface area contributed by atoms with Crippen LogP contribution in [0.25, 0.3) is 11.1 Å². The van der Waals surface area contributed by atoms with Crippen LogP contribution in [-0.2, 0) is 6.42 Å². The van der Waals surface area contributed by atoms with Crippen molar-refractivity contribution in [2.75, 3.05) is 12.4 Å². The van der Waals surface area contributed by atoms with Crippen LogP contribution >= 0.6 is 0 Å². The minimum atomic E-state index is -0.217. The van der Waals surface area contributed by atoms with Crippen LogP contribution in [0.4, 0.5) is 10.3 Å². The number of guanidine groups is 1. The van der Waals surface area contributed by atoms with Crippen LogP contribution in [0.2, 0.25) is 0 Å². The van der Waals surface area contributed by atoms with Crippen LogP contribution in [-0.4, -0.2) is 18.2 Å². The van der Waals surface area contributed by atoms with Crippen LogP contribution < -0.4 is 11.1 Å². The summed E-state index contributed by atoms with van der Waals surface area (Å²) in [6, 6.07) is 16.5. The second kappa shape index (κ2) is 7.82. The molecule has 0 fully saturated rings. The second-order valence-electron chi connectivity index (χ2n) is 6.12. The fourth-order valence-corrected chi connectivity index (χ4v) is 2.77. The number of aromatic nitrogens is 1. The number of nitrogens with two attached hydrogens (primary N) is 1. The lowest BCUT2D eigenvalue weighted by molar-refractivity contribution is 0.424. The van der Waals surface area contributed by atoms with Crippen molar-refractivity contribution in [2.24, 2.45) is 10.7 Å². The Labute approximate surface area is 151 Å². The Kier molecular flexibility index (Phi) is 5.31. The Bertz CT molecular complexity index is 902. The summed E-state index contributed by atoms with van der Waals surface area (Å²) < 4.78 is 19.1. The lowest BCUT2D eigenvalue weighted by Crippen LogP contribution is -2.21. The van der Waals surface area contributed by atoms with E-state index < -0.39 is 0 Å². The molecule has 0 aliphatic carbocycles. The normalized spacial score (nSPS) is 12.8. The first-order valence-electron chi connectivity index (χ1n) is 8.36. The minimum Gasteiger partial charge on any atom is -0.370 e. The summed E-state index contributed by atoms with van der Waals surface area (Å²) >= 11 is 0. The van der Waals surface area contributed by atoms with Crippen molar-refractivity contribution in [1.82, 2.24) is 5.16 Å². The van der Waals surface area contributed by atoms with Crippen molar-refractivity contribution in [3.8, 4) is 11.1 Å². The van der Waals surface area contributed by atoms with Gasteiger partial charge >= 0.3 is 0 Å². The molecule has 0 radical (unpaired) electrons. The molecule has 1 aromatic heterocycles. The SMILES string of the molecule is CN=C(N)Nc1cc(CC(C)c2ccc(-c3ccccc3F)cc2)no1. The van der Waals surface area contributed by atoms with E-state index in [0.717, 1.165) is 16.8 Å². The Morgan fingerprint density at radius 1 is 1.23 bits per heavy atom. The molecule has 0 aliphatic rings. The predicted octanol–water partition coefficient (Wildman–Crippen LogP) is 4.18. The third kappa shape index (κ3) is 4.08. The zero-order chi connectivity index (χ0) is 18.5. The summed E-state index contributed by atoms with van der Waals surface area (Å²) in [7, 11) is 1.59. The van der Waals surface area contributed by atoms with Crippen molar-refractivity contribution in [3.63, 3.8) is 0 Å². The van der Waals surface area contributed by atoms with E-state index in [1.54, 1.807) is 19.2 Å². The molecule has 3 N–H and O–H groups in total. The van der Waals surface area contributed by atoms with E-state index in [4.69, 9.17) is 10.3 Å². The van der Waals surface area contributed by atoms with Gasteiger partial charge in [-0.05, 0) is 29.5 Å². The van der Waals surface area contributed by atoms with Crippen LogP contribution in [0.5, 0.6) is 0 Å². The molecule has 0 saturated carbocycles. The van der Waals surface area contributed by atoms with Crippen LogP contribution in [0, 0.1) is 5.82 Å². The third-order valence-corrected chi connectivity index (χ3v) is 4.23. The predicted molar refractivity (Wildman–Crippen MR) is 102 cm³/mol. The first kappa shape index (κ1) is 17.7. The minimum absolute atomic E-state index is 0.217. The molecule has 26 heavy (non-hydrogen) atoms. The quantitative estimate of drug-likeness (QED) is 0.533. The Morgan fingerprint density at radius 2 is 1.96 bits per heavy atom. The summed E-state index contributed by atoms with van der Waals surface area (Å²) in [5.74, 6) is 0.750. The molecule has 1 atom stereocenters. The van der Waals surface area contributed by atoms with Crippen molar-refractivity contribution >= 4 is 11.8 Å². The van der Waals surface area contributed by atoms with Gasteiger partial charge in [0.05, 0.1) is 5.69 Å². The summed E-state index contributed by atoms with van der Waals surface area (Å²) in [5, 5.41) is 6.87. The van der Waals surface area contributed by atoms with Gasteiger partial charge in [-0.2, -0.15) is 0 Å². The number of hydrogen-bond donors (Lipinski definition) is 2. The monoisotopic (exact) mass is 352 g/mol. The molecule has 5 nitrogen and oxygen atoms in total. The molecule has 0 saturated heterocycles. The molecular formula is C20H21FN4O. The maximum atomic E-state index is 13.9. The average molecular weight is 352 g/mol. The Morgan fingerprint density at radius 3 is 2.65 bits per heavy atom. The molecule has 0 amide bonds. The van der Waals surface area contributed by atoms with E-state index in [2.05, 4.69) is 22.4 Å². The summed E-state index contributed by atoms with van der Waals surface area (Å²) in [6.07, 6.45) is 0.716. The van der Waals surface area contributed by atoms with Gasteiger partial charge in [-0.3, -0.25) is 10.3 Å². The summed E-state index contributed by atoms with van der Waals surface area (Å²) in [4.78, 5) is 3.81. The molecule has 1 heterocycles. The van der Waals surface area contributed by atoms with Crippen molar-refractivity contribution < 1.29 is 8.91 Å². The molecular weight excluding hydrogens is 331 g/mol. The first-order chi connectivity index (χ1) is 12.6. The van der Waals surface area contributed by atoms with Gasteiger partial charge in [-0.1, -0.05) is 54.5 Å². The van der Waals surface area contributed by atoms with Crippen LogP contribution in [0.3, 0.4) is 0 Å². The largest absolute Gasteiger partial charge is 0.370 e. The van der Waals surface area contributed by atoms with E-state index in [-0.39, 0.29) is 17.7 Å². The third-order valence-electron chi connectivity index (χ3n) is 4.23. The van der Waals surface area contributed by atoms with Crippen LogP contribution in [0.1, 0.15) is 24.1 Å². The lowest BCUT2D eigenvalue weighted by Gasteiger charge is -2.11. The number of halogens is 1. The highest BCUT2D eigenvalue weighted by atomic mass is 19.1. The summed E-state index contributed by atoms with van der Waals surface area (Å²) in [5.41, 5.74) is 9.04. The molecule has 1 unspecified atom stereocenters. The Balaban J connectivity index is 1.69. The second-order valence-corrected chi connectivity index (χ2v) is 6.12. The molecule has 134 valence electrons. The Hall–Kier alpha value is -3.15. The molecule has 2 aromatic carbocycles. The average Bonchev–Trinajstić information content (AvgIpc) is 3.09. The van der Waals surface area contributed by atoms with Gasteiger partial charge in [0.1, 0.15) is 5.82 Å². The van der Waals surface area contributed by atoms with E-state index in [1.807, 2.05) is 36.4 Å². The number of aliphatic imine (C=N–C) groups is 1. The van der Waals surface area contributed by atoms with Crippen molar-refractivity contribution in [2.45, 2.75) is 19.3 Å². The number of nitrogens with zero attached hydrogens (tertiary/aromatic N) is 2.